The summed E-state index contributed by atoms with van der Waals surface area (Å²) < 4.78 is 45.3. The standard InChI is InChI=1S/C28H32N4O8S2/c1-17-13-32(18(2)15-33)27(34)21-11-20(30-42(36,37)26-5-4-10-41-26)7-8-22(21)40-25(17)14-31(3)28(35)29-19-6-9-23-24(12-19)39-16-38-23/h4-12,17-18,25,30,33H,13-16H2,1-3H3,(H,29,35)/t17-,18+,25+/m1/s1. The number of anilines is 2. The Morgan fingerprint density at radius 1 is 1.14 bits per heavy atom. The van der Waals surface area contributed by atoms with Gasteiger partial charge in [-0.15, -0.1) is 11.3 Å². The van der Waals surface area contributed by atoms with E-state index in [2.05, 4.69) is 10.0 Å². The molecule has 12 nitrogen and oxygen atoms in total. The van der Waals surface area contributed by atoms with Crippen LogP contribution in [0, 0.1) is 5.92 Å². The molecule has 3 aromatic rings. The number of rotatable bonds is 8. The lowest BCUT2D eigenvalue weighted by molar-refractivity contribution is 0.0371. The highest BCUT2D eigenvalue weighted by atomic mass is 32.2. The van der Waals surface area contributed by atoms with E-state index in [9.17, 15) is 23.1 Å². The van der Waals surface area contributed by atoms with E-state index in [1.807, 2.05) is 6.92 Å². The minimum Gasteiger partial charge on any atom is -0.487 e. The van der Waals surface area contributed by atoms with Crippen LogP contribution < -0.4 is 24.2 Å². The largest absolute Gasteiger partial charge is 0.487 e. The molecule has 0 saturated heterocycles. The number of carbonyl (C=O) groups is 2. The third-order valence-electron chi connectivity index (χ3n) is 7.10. The summed E-state index contributed by atoms with van der Waals surface area (Å²) in [6, 6.07) is 11.9. The average Bonchev–Trinajstić information content (AvgIpc) is 3.67. The fraction of sp³-hybridized carbons (Fsp3) is 0.357. The summed E-state index contributed by atoms with van der Waals surface area (Å²) in [5, 5.41) is 14.4. The maximum absolute atomic E-state index is 13.7. The van der Waals surface area contributed by atoms with Gasteiger partial charge in [-0.25, -0.2) is 13.2 Å². The number of hydrogen-bond donors (Lipinski definition) is 3. The van der Waals surface area contributed by atoms with Gasteiger partial charge in [0.25, 0.3) is 15.9 Å². The first kappa shape index (κ1) is 29.5. The number of ether oxygens (including phenoxy) is 3. The number of sulfonamides is 1. The maximum Gasteiger partial charge on any atom is 0.321 e. The molecule has 0 fully saturated rings. The van der Waals surface area contributed by atoms with Crippen molar-refractivity contribution in [3.05, 3.63) is 59.5 Å². The van der Waals surface area contributed by atoms with Crippen molar-refractivity contribution in [2.45, 2.75) is 30.2 Å². The molecule has 0 bridgehead atoms. The van der Waals surface area contributed by atoms with Gasteiger partial charge < -0.3 is 34.4 Å². The van der Waals surface area contributed by atoms with Gasteiger partial charge in [0.1, 0.15) is 16.1 Å². The number of benzene rings is 2. The Bertz CT molecular complexity index is 1560. The van der Waals surface area contributed by atoms with Gasteiger partial charge in [0.2, 0.25) is 6.79 Å². The summed E-state index contributed by atoms with van der Waals surface area (Å²) in [6.45, 7) is 3.93. The smallest absolute Gasteiger partial charge is 0.321 e. The molecule has 3 N–H and O–H groups in total. The molecule has 5 rings (SSSR count). The van der Waals surface area contributed by atoms with Gasteiger partial charge in [0.15, 0.2) is 11.5 Å². The molecule has 3 atom stereocenters. The van der Waals surface area contributed by atoms with E-state index in [1.54, 1.807) is 54.6 Å². The zero-order chi connectivity index (χ0) is 30.0. The number of fused-ring (bicyclic) bond motifs is 2. The number of aliphatic hydroxyl groups is 1. The Morgan fingerprint density at radius 3 is 2.62 bits per heavy atom. The quantitative estimate of drug-likeness (QED) is 0.348. The molecule has 3 amide bonds. The summed E-state index contributed by atoms with van der Waals surface area (Å²) in [6.07, 6.45) is -0.536. The van der Waals surface area contributed by atoms with Crippen LogP contribution in [0.5, 0.6) is 17.2 Å². The van der Waals surface area contributed by atoms with Crippen LogP contribution in [0.1, 0.15) is 24.2 Å². The fourth-order valence-corrected chi connectivity index (χ4v) is 6.71. The van der Waals surface area contributed by atoms with Gasteiger partial charge in [0, 0.05) is 37.0 Å². The fourth-order valence-electron chi connectivity index (χ4n) is 4.67. The minimum atomic E-state index is -3.84. The number of aliphatic hydroxyl groups excluding tert-OH is 1. The first-order valence-electron chi connectivity index (χ1n) is 13.3. The minimum absolute atomic E-state index is 0.126. The van der Waals surface area contributed by atoms with Gasteiger partial charge in [-0.05, 0) is 48.7 Å². The first-order chi connectivity index (χ1) is 20.1. The first-order valence-corrected chi connectivity index (χ1v) is 15.6. The molecule has 3 heterocycles. The molecule has 0 saturated carbocycles. The summed E-state index contributed by atoms with van der Waals surface area (Å²) in [4.78, 5) is 29.8. The van der Waals surface area contributed by atoms with E-state index >= 15 is 0 Å². The van der Waals surface area contributed by atoms with Crippen molar-refractivity contribution >= 4 is 44.7 Å². The van der Waals surface area contributed by atoms with Crippen molar-refractivity contribution < 1.29 is 37.3 Å². The second kappa shape index (κ2) is 12.1. The van der Waals surface area contributed by atoms with E-state index in [1.165, 1.54) is 23.1 Å². The summed E-state index contributed by atoms with van der Waals surface area (Å²) in [7, 11) is -2.20. The second-order valence-electron chi connectivity index (χ2n) is 10.2. The SMILES string of the molecule is C[C@@H]1CN([C@@H](C)CO)C(=O)c2cc(NS(=O)(=O)c3cccs3)ccc2O[C@H]1CN(C)C(=O)Nc1ccc2c(c1)OCO2. The molecule has 42 heavy (non-hydrogen) atoms. The van der Waals surface area contributed by atoms with Crippen molar-refractivity contribution in [2.75, 3.05) is 43.6 Å². The highest BCUT2D eigenvalue weighted by molar-refractivity contribution is 7.94. The van der Waals surface area contributed by atoms with Gasteiger partial charge in [-0.3, -0.25) is 9.52 Å². The number of amides is 3. The topological polar surface area (TPSA) is 147 Å². The third-order valence-corrected chi connectivity index (χ3v) is 9.88. The second-order valence-corrected chi connectivity index (χ2v) is 13.1. The Labute approximate surface area is 247 Å². The van der Waals surface area contributed by atoms with E-state index in [-0.39, 0.29) is 59.6 Å². The molecule has 0 unspecified atom stereocenters. The molecule has 2 aliphatic rings. The van der Waals surface area contributed by atoms with Gasteiger partial charge in [-0.2, -0.15) is 0 Å². The lowest BCUT2D eigenvalue weighted by atomic mass is 9.99. The van der Waals surface area contributed by atoms with Gasteiger partial charge in [0.05, 0.1) is 24.8 Å². The van der Waals surface area contributed by atoms with Crippen LogP contribution in [0.15, 0.2) is 58.1 Å². The number of thiophene rings is 1. The molecule has 14 heteroatoms. The number of likely N-dealkylation sites (N-methyl/N-ethyl adjacent to an activating group) is 1. The van der Waals surface area contributed by atoms with Crippen molar-refractivity contribution in [3.63, 3.8) is 0 Å². The third kappa shape index (κ3) is 6.25. The van der Waals surface area contributed by atoms with Crippen molar-refractivity contribution in [1.82, 2.24) is 9.80 Å². The average molecular weight is 617 g/mol. The number of nitrogens with one attached hydrogen (secondary N) is 2. The number of carbonyl (C=O) groups excluding carboxylic acids is 2. The van der Waals surface area contributed by atoms with E-state index < -0.39 is 28.1 Å². The van der Waals surface area contributed by atoms with Crippen molar-refractivity contribution in [1.29, 1.82) is 0 Å². The Morgan fingerprint density at radius 2 is 1.88 bits per heavy atom. The predicted molar refractivity (Wildman–Crippen MR) is 157 cm³/mol. The molecule has 0 spiro atoms. The van der Waals surface area contributed by atoms with E-state index in [0.29, 0.717) is 17.2 Å². The van der Waals surface area contributed by atoms with Crippen molar-refractivity contribution in [2.24, 2.45) is 5.92 Å². The Kier molecular flexibility index (Phi) is 8.48. The molecular formula is C28H32N4O8S2. The summed E-state index contributed by atoms with van der Waals surface area (Å²) in [5.41, 5.74) is 0.881. The Hall–Kier alpha value is -4.01. The zero-order valence-corrected chi connectivity index (χ0v) is 24.9. The number of nitrogens with zero attached hydrogens (tertiary/aromatic N) is 2. The number of urea groups is 1. The van der Waals surface area contributed by atoms with Crippen LogP contribution in [-0.4, -0.2) is 80.9 Å². The highest BCUT2D eigenvalue weighted by Gasteiger charge is 2.34. The highest BCUT2D eigenvalue weighted by Crippen LogP contribution is 2.35. The lowest BCUT2D eigenvalue weighted by Gasteiger charge is -2.38. The van der Waals surface area contributed by atoms with Crippen LogP contribution in [-0.2, 0) is 10.0 Å². The monoisotopic (exact) mass is 616 g/mol. The molecule has 0 radical (unpaired) electrons. The zero-order valence-electron chi connectivity index (χ0n) is 23.3. The Balaban J connectivity index is 1.38. The molecule has 1 aromatic heterocycles. The van der Waals surface area contributed by atoms with Crippen LogP contribution in [0.4, 0.5) is 16.2 Å². The summed E-state index contributed by atoms with van der Waals surface area (Å²) >= 11 is 1.08. The normalized spacial score (nSPS) is 18.8. The van der Waals surface area contributed by atoms with Crippen molar-refractivity contribution in [3.8, 4) is 17.2 Å². The van der Waals surface area contributed by atoms with E-state index in [4.69, 9.17) is 14.2 Å². The van der Waals surface area contributed by atoms with E-state index in [0.717, 1.165) is 11.3 Å². The molecule has 0 aliphatic carbocycles. The summed E-state index contributed by atoms with van der Waals surface area (Å²) in [5.74, 6) is 0.770. The van der Waals surface area contributed by atoms with Crippen LogP contribution >= 0.6 is 11.3 Å². The predicted octanol–water partition coefficient (Wildman–Crippen LogP) is 3.66. The van der Waals surface area contributed by atoms with Gasteiger partial charge >= 0.3 is 6.03 Å². The molecule has 2 aliphatic heterocycles. The lowest BCUT2D eigenvalue weighted by Crippen LogP contribution is -2.50. The number of hydrogen-bond acceptors (Lipinski definition) is 9. The van der Waals surface area contributed by atoms with Gasteiger partial charge in [-0.1, -0.05) is 13.0 Å². The molecule has 2 aromatic carbocycles. The maximum atomic E-state index is 13.7. The van der Waals surface area contributed by atoms with Crippen LogP contribution in [0.3, 0.4) is 0 Å². The molecule has 224 valence electrons. The van der Waals surface area contributed by atoms with Crippen LogP contribution in [0.2, 0.25) is 0 Å². The van der Waals surface area contributed by atoms with Crippen LogP contribution in [0.25, 0.3) is 0 Å². The molecular weight excluding hydrogens is 584 g/mol.